The molecule has 2 aromatic rings. The molecule has 128 valence electrons. The number of carbonyl (C=O) groups excluding carboxylic acids is 2. The number of anilines is 1. The Bertz CT molecular complexity index is 823. The molecule has 0 spiro atoms. The Balaban J connectivity index is 2.00. The molecule has 0 bridgehead atoms. The first-order valence-electron chi connectivity index (χ1n) is 7.68. The average Bonchev–Trinajstić information content (AvgIpc) is 2.61. The van der Waals surface area contributed by atoms with Crippen molar-refractivity contribution < 1.29 is 14.0 Å². The van der Waals surface area contributed by atoms with Gasteiger partial charge in [0.1, 0.15) is 11.2 Å². The highest BCUT2D eigenvalue weighted by atomic mass is 19.1. The SMILES string of the molecule is CC(C)(C(=O)NCc1ccccc1F)C(=O)Nc1ccc(C#N)cc1. The Morgan fingerprint density at radius 3 is 2.32 bits per heavy atom. The highest BCUT2D eigenvalue weighted by Crippen LogP contribution is 2.20. The van der Waals surface area contributed by atoms with Crippen LogP contribution in [-0.2, 0) is 16.1 Å². The molecule has 0 aliphatic carbocycles. The molecular formula is C19H18FN3O2. The summed E-state index contributed by atoms with van der Waals surface area (Å²) in [5.74, 6) is -1.42. The lowest BCUT2D eigenvalue weighted by atomic mass is 9.90. The van der Waals surface area contributed by atoms with Crippen molar-refractivity contribution in [1.29, 1.82) is 5.26 Å². The Labute approximate surface area is 145 Å². The van der Waals surface area contributed by atoms with Gasteiger partial charge in [-0.1, -0.05) is 18.2 Å². The Kier molecular flexibility index (Phi) is 5.50. The van der Waals surface area contributed by atoms with E-state index >= 15 is 0 Å². The van der Waals surface area contributed by atoms with Crippen LogP contribution in [0.15, 0.2) is 48.5 Å². The van der Waals surface area contributed by atoms with Crippen molar-refractivity contribution in [3.63, 3.8) is 0 Å². The third-order valence-electron chi connectivity index (χ3n) is 3.80. The van der Waals surface area contributed by atoms with Crippen LogP contribution in [-0.4, -0.2) is 11.8 Å². The molecule has 2 aromatic carbocycles. The molecule has 0 heterocycles. The summed E-state index contributed by atoms with van der Waals surface area (Å²) in [5, 5.41) is 14.0. The molecule has 2 amide bonds. The zero-order chi connectivity index (χ0) is 18.4. The molecule has 0 saturated heterocycles. The van der Waals surface area contributed by atoms with E-state index in [1.165, 1.54) is 19.9 Å². The van der Waals surface area contributed by atoms with Crippen molar-refractivity contribution in [2.45, 2.75) is 20.4 Å². The van der Waals surface area contributed by atoms with Gasteiger partial charge in [0.2, 0.25) is 11.8 Å². The third kappa shape index (κ3) is 4.42. The van der Waals surface area contributed by atoms with Gasteiger partial charge in [0.15, 0.2) is 0 Å². The summed E-state index contributed by atoms with van der Waals surface area (Å²) in [4.78, 5) is 24.7. The Hall–Kier alpha value is -3.20. The van der Waals surface area contributed by atoms with E-state index in [4.69, 9.17) is 5.26 Å². The number of amides is 2. The van der Waals surface area contributed by atoms with Gasteiger partial charge < -0.3 is 10.6 Å². The number of hydrogen-bond donors (Lipinski definition) is 2. The summed E-state index contributed by atoms with van der Waals surface area (Å²) < 4.78 is 13.6. The topological polar surface area (TPSA) is 82.0 Å². The van der Waals surface area contributed by atoms with Crippen LogP contribution >= 0.6 is 0 Å². The van der Waals surface area contributed by atoms with Crippen LogP contribution in [0, 0.1) is 22.6 Å². The normalized spacial score (nSPS) is 10.6. The second-order valence-electron chi connectivity index (χ2n) is 6.04. The van der Waals surface area contributed by atoms with E-state index in [9.17, 15) is 14.0 Å². The number of benzene rings is 2. The molecule has 2 rings (SSSR count). The maximum absolute atomic E-state index is 13.6. The van der Waals surface area contributed by atoms with E-state index in [1.54, 1.807) is 42.5 Å². The monoisotopic (exact) mass is 339 g/mol. The zero-order valence-electron chi connectivity index (χ0n) is 14.0. The number of halogens is 1. The van der Waals surface area contributed by atoms with Crippen molar-refractivity contribution in [3.8, 4) is 6.07 Å². The first kappa shape index (κ1) is 18.1. The lowest BCUT2D eigenvalue weighted by Crippen LogP contribution is -2.44. The zero-order valence-corrected chi connectivity index (χ0v) is 14.0. The van der Waals surface area contributed by atoms with Gasteiger partial charge in [-0.3, -0.25) is 9.59 Å². The lowest BCUT2D eigenvalue weighted by molar-refractivity contribution is -0.138. The van der Waals surface area contributed by atoms with Crippen molar-refractivity contribution in [1.82, 2.24) is 5.32 Å². The van der Waals surface area contributed by atoms with Crippen LogP contribution in [0.25, 0.3) is 0 Å². The summed E-state index contributed by atoms with van der Waals surface area (Å²) in [6, 6.07) is 14.4. The summed E-state index contributed by atoms with van der Waals surface area (Å²) in [6.07, 6.45) is 0. The number of nitrogens with one attached hydrogen (secondary N) is 2. The molecule has 0 aliphatic rings. The second kappa shape index (κ2) is 7.58. The van der Waals surface area contributed by atoms with Gasteiger partial charge in [-0.15, -0.1) is 0 Å². The van der Waals surface area contributed by atoms with Crippen molar-refractivity contribution in [2.75, 3.05) is 5.32 Å². The van der Waals surface area contributed by atoms with Crippen LogP contribution in [0.1, 0.15) is 25.0 Å². The molecule has 0 saturated carbocycles. The van der Waals surface area contributed by atoms with Gasteiger partial charge in [-0.05, 0) is 44.2 Å². The van der Waals surface area contributed by atoms with Gasteiger partial charge in [0, 0.05) is 17.8 Å². The summed E-state index contributed by atoms with van der Waals surface area (Å²) in [7, 11) is 0. The standard InChI is InChI=1S/C19H18FN3O2/c1-19(2,17(24)22-12-14-5-3-4-6-16(14)20)18(25)23-15-9-7-13(11-21)8-10-15/h3-10H,12H2,1-2H3,(H,22,24)(H,23,25). The molecule has 6 heteroatoms. The fourth-order valence-corrected chi connectivity index (χ4v) is 2.06. The van der Waals surface area contributed by atoms with Gasteiger partial charge in [0.25, 0.3) is 0 Å². The molecule has 2 N–H and O–H groups in total. The van der Waals surface area contributed by atoms with Crippen LogP contribution in [0.3, 0.4) is 0 Å². The summed E-state index contributed by atoms with van der Waals surface area (Å²) in [5.41, 5.74) is -0.0443. The quantitative estimate of drug-likeness (QED) is 0.822. The van der Waals surface area contributed by atoms with E-state index in [0.29, 0.717) is 16.8 Å². The minimum atomic E-state index is -1.35. The smallest absolute Gasteiger partial charge is 0.239 e. The number of rotatable bonds is 5. The molecule has 0 fully saturated rings. The first-order valence-corrected chi connectivity index (χ1v) is 7.68. The van der Waals surface area contributed by atoms with Crippen molar-refractivity contribution >= 4 is 17.5 Å². The van der Waals surface area contributed by atoms with E-state index in [2.05, 4.69) is 10.6 Å². The molecule has 25 heavy (non-hydrogen) atoms. The maximum atomic E-state index is 13.6. The van der Waals surface area contributed by atoms with Crippen LogP contribution < -0.4 is 10.6 Å². The minimum absolute atomic E-state index is 0.000910. The summed E-state index contributed by atoms with van der Waals surface area (Å²) >= 11 is 0. The fraction of sp³-hybridized carbons (Fsp3) is 0.211. The van der Waals surface area contributed by atoms with E-state index < -0.39 is 23.0 Å². The van der Waals surface area contributed by atoms with E-state index in [0.717, 1.165) is 0 Å². The van der Waals surface area contributed by atoms with Crippen molar-refractivity contribution in [3.05, 3.63) is 65.5 Å². The lowest BCUT2D eigenvalue weighted by Gasteiger charge is -2.23. The van der Waals surface area contributed by atoms with Crippen molar-refractivity contribution in [2.24, 2.45) is 5.41 Å². The summed E-state index contributed by atoms with van der Waals surface area (Å²) in [6.45, 7) is 2.98. The van der Waals surface area contributed by atoms with Gasteiger partial charge in [-0.2, -0.15) is 5.26 Å². The van der Waals surface area contributed by atoms with Gasteiger partial charge >= 0.3 is 0 Å². The molecular weight excluding hydrogens is 321 g/mol. The molecule has 5 nitrogen and oxygen atoms in total. The first-order chi connectivity index (χ1) is 11.8. The second-order valence-corrected chi connectivity index (χ2v) is 6.04. The molecule has 0 aromatic heterocycles. The largest absolute Gasteiger partial charge is 0.351 e. The predicted octanol–water partition coefficient (Wildman–Crippen LogP) is 2.98. The maximum Gasteiger partial charge on any atom is 0.239 e. The van der Waals surface area contributed by atoms with E-state index in [-0.39, 0.29) is 6.54 Å². The van der Waals surface area contributed by atoms with Crippen LogP contribution in [0.4, 0.5) is 10.1 Å². The average molecular weight is 339 g/mol. The number of hydrogen-bond acceptors (Lipinski definition) is 3. The molecule has 0 unspecified atom stereocenters. The Morgan fingerprint density at radius 2 is 1.72 bits per heavy atom. The molecule has 0 atom stereocenters. The number of nitrogens with zero attached hydrogens (tertiary/aromatic N) is 1. The van der Waals surface area contributed by atoms with Gasteiger partial charge in [-0.25, -0.2) is 4.39 Å². The van der Waals surface area contributed by atoms with Gasteiger partial charge in [0.05, 0.1) is 11.6 Å². The fourth-order valence-electron chi connectivity index (χ4n) is 2.06. The third-order valence-corrected chi connectivity index (χ3v) is 3.80. The minimum Gasteiger partial charge on any atom is -0.351 e. The highest BCUT2D eigenvalue weighted by molar-refractivity contribution is 6.09. The van der Waals surface area contributed by atoms with E-state index in [1.807, 2.05) is 6.07 Å². The predicted molar refractivity (Wildman–Crippen MR) is 91.8 cm³/mol. The Morgan fingerprint density at radius 1 is 1.08 bits per heavy atom. The number of nitriles is 1. The van der Waals surface area contributed by atoms with Crippen LogP contribution in [0.2, 0.25) is 0 Å². The molecule has 0 aliphatic heterocycles. The highest BCUT2D eigenvalue weighted by Gasteiger charge is 2.36. The van der Waals surface area contributed by atoms with Crippen LogP contribution in [0.5, 0.6) is 0 Å². The number of carbonyl (C=O) groups is 2. The molecule has 0 radical (unpaired) electrons.